The van der Waals surface area contributed by atoms with E-state index in [1.54, 1.807) is 21.3 Å². The van der Waals surface area contributed by atoms with E-state index in [-0.39, 0.29) is 17.6 Å². The van der Waals surface area contributed by atoms with Crippen LogP contribution in [0.25, 0.3) is 0 Å². The minimum absolute atomic E-state index is 0.108. The summed E-state index contributed by atoms with van der Waals surface area (Å²) in [6, 6.07) is 14.0. The Morgan fingerprint density at radius 3 is 2.30 bits per heavy atom. The number of rotatable bonds is 5. The third kappa shape index (κ3) is 3.44. The van der Waals surface area contributed by atoms with Crippen molar-refractivity contribution in [1.29, 1.82) is 0 Å². The molecule has 0 saturated heterocycles. The lowest BCUT2D eigenvalue weighted by Crippen LogP contribution is -2.29. The highest BCUT2D eigenvalue weighted by atomic mass is 16.5. The van der Waals surface area contributed by atoms with E-state index in [9.17, 15) is 4.79 Å². The molecule has 1 N–H and O–H groups in total. The lowest BCUT2D eigenvalue weighted by Gasteiger charge is -2.34. The molecule has 1 aromatic heterocycles. The fourth-order valence-corrected chi connectivity index (χ4v) is 5.03. The van der Waals surface area contributed by atoms with Crippen LogP contribution in [0.1, 0.15) is 47.1 Å². The second-order valence-electron chi connectivity index (χ2n) is 8.36. The molecule has 1 aliphatic heterocycles. The van der Waals surface area contributed by atoms with Crippen molar-refractivity contribution in [2.24, 2.45) is 0 Å². The molecule has 0 unspecified atom stereocenters. The monoisotopic (exact) mass is 446 g/mol. The number of hydrogen-bond donors (Lipinski definition) is 1. The van der Waals surface area contributed by atoms with Gasteiger partial charge < -0.3 is 24.1 Å². The first-order chi connectivity index (χ1) is 16.0. The van der Waals surface area contributed by atoms with Gasteiger partial charge in [-0.3, -0.25) is 4.79 Å². The molecule has 170 valence electrons. The van der Waals surface area contributed by atoms with Gasteiger partial charge in [0.15, 0.2) is 17.3 Å². The summed E-state index contributed by atoms with van der Waals surface area (Å²) in [6.07, 6.45) is 1.16. The maximum Gasteiger partial charge on any atom is 0.233 e. The Kier molecular flexibility index (Phi) is 5.32. The van der Waals surface area contributed by atoms with E-state index in [0.717, 1.165) is 33.7 Å². The fraction of sp³-hybridized carbons (Fsp3) is 0.308. The van der Waals surface area contributed by atoms with Crippen molar-refractivity contribution in [3.8, 4) is 17.2 Å². The van der Waals surface area contributed by atoms with Crippen LogP contribution in [-0.2, 0) is 4.79 Å². The van der Waals surface area contributed by atoms with Gasteiger partial charge >= 0.3 is 0 Å². The zero-order valence-corrected chi connectivity index (χ0v) is 19.1. The number of aryl methyl sites for hydroxylation is 1. The van der Waals surface area contributed by atoms with Crippen LogP contribution < -0.4 is 19.5 Å². The first-order valence-corrected chi connectivity index (χ1v) is 10.9. The molecule has 1 aliphatic carbocycles. The molecule has 3 aromatic rings. The van der Waals surface area contributed by atoms with Gasteiger partial charge in [-0.1, -0.05) is 35.5 Å². The van der Waals surface area contributed by atoms with Crippen molar-refractivity contribution in [2.75, 3.05) is 26.6 Å². The van der Waals surface area contributed by atoms with Crippen LogP contribution in [0, 0.1) is 6.92 Å². The molecule has 0 bridgehead atoms. The zero-order valence-electron chi connectivity index (χ0n) is 19.1. The van der Waals surface area contributed by atoms with Gasteiger partial charge in [0.2, 0.25) is 11.6 Å². The molecule has 33 heavy (non-hydrogen) atoms. The Balaban J connectivity index is 1.67. The zero-order chi connectivity index (χ0) is 23.1. The Labute approximate surface area is 192 Å². The normalized spacial score (nSPS) is 19.5. The van der Waals surface area contributed by atoms with Gasteiger partial charge in [-0.05, 0) is 42.5 Å². The van der Waals surface area contributed by atoms with Gasteiger partial charge in [-0.25, -0.2) is 0 Å². The number of anilines is 1. The van der Waals surface area contributed by atoms with Crippen LogP contribution in [0.4, 0.5) is 5.88 Å². The van der Waals surface area contributed by atoms with Gasteiger partial charge in [0.1, 0.15) is 0 Å². The summed E-state index contributed by atoms with van der Waals surface area (Å²) < 4.78 is 22.3. The Morgan fingerprint density at radius 1 is 0.970 bits per heavy atom. The van der Waals surface area contributed by atoms with Gasteiger partial charge in [-0.2, -0.15) is 0 Å². The topological polar surface area (TPSA) is 82.8 Å². The smallest absolute Gasteiger partial charge is 0.233 e. The summed E-state index contributed by atoms with van der Waals surface area (Å²) in [6.45, 7) is 1.89. The van der Waals surface area contributed by atoms with Crippen molar-refractivity contribution in [2.45, 2.75) is 31.6 Å². The second kappa shape index (κ2) is 8.31. The molecule has 0 amide bonds. The maximum absolute atomic E-state index is 13.6. The molecule has 0 spiro atoms. The van der Waals surface area contributed by atoms with E-state index in [1.165, 1.54) is 0 Å². The maximum atomic E-state index is 13.6. The van der Waals surface area contributed by atoms with Crippen LogP contribution in [0.3, 0.4) is 0 Å². The first-order valence-electron chi connectivity index (χ1n) is 10.9. The number of carbonyl (C=O) groups is 1. The number of fused-ring (bicyclic) bond motifs is 1. The summed E-state index contributed by atoms with van der Waals surface area (Å²) in [5.41, 5.74) is 5.23. The number of carbonyl (C=O) groups excluding carboxylic acids is 1. The largest absolute Gasteiger partial charge is 0.493 e. The fourth-order valence-electron chi connectivity index (χ4n) is 5.03. The average molecular weight is 447 g/mol. The Hall–Kier alpha value is -3.74. The van der Waals surface area contributed by atoms with E-state index in [4.69, 9.17) is 18.7 Å². The number of nitrogens with zero attached hydrogens (tertiary/aromatic N) is 1. The standard InChI is InChI=1S/C26H26N2O5/c1-14-22-23(17-12-20(30-2)25(32-4)21(13-17)31-3)24-18(27-26(22)33-28-14)10-16(11-19(24)29)15-8-6-5-7-9-15/h5-9,12-13,16,23,27H,10-11H2,1-4H3/t16-,23+/m0/s1. The highest BCUT2D eigenvalue weighted by Gasteiger charge is 2.41. The van der Waals surface area contributed by atoms with E-state index in [2.05, 4.69) is 22.6 Å². The predicted molar refractivity (Wildman–Crippen MR) is 123 cm³/mol. The molecule has 2 atom stereocenters. The summed E-state index contributed by atoms with van der Waals surface area (Å²) in [4.78, 5) is 13.6. The third-order valence-corrected chi connectivity index (χ3v) is 6.55. The van der Waals surface area contributed by atoms with Gasteiger partial charge in [0.25, 0.3) is 0 Å². The van der Waals surface area contributed by atoms with E-state index >= 15 is 0 Å². The number of ether oxygens (including phenoxy) is 3. The molecule has 2 heterocycles. The minimum atomic E-state index is -0.347. The van der Waals surface area contributed by atoms with Crippen LogP contribution in [0.15, 0.2) is 58.3 Å². The molecule has 5 rings (SSSR count). The average Bonchev–Trinajstić information content (AvgIpc) is 3.22. The highest BCUT2D eigenvalue weighted by Crippen LogP contribution is 2.51. The second-order valence-corrected chi connectivity index (χ2v) is 8.36. The predicted octanol–water partition coefficient (Wildman–Crippen LogP) is 4.97. The van der Waals surface area contributed by atoms with E-state index in [0.29, 0.717) is 36.0 Å². The Morgan fingerprint density at radius 2 is 1.67 bits per heavy atom. The number of Topliss-reactive ketones (excluding diaryl/α,β-unsaturated/α-hetero) is 1. The highest BCUT2D eigenvalue weighted by molar-refractivity contribution is 6.01. The summed E-state index contributed by atoms with van der Waals surface area (Å²) in [5.74, 6) is 2.03. The van der Waals surface area contributed by atoms with Gasteiger partial charge in [0.05, 0.1) is 32.6 Å². The van der Waals surface area contributed by atoms with Crippen LogP contribution in [-0.4, -0.2) is 32.3 Å². The number of ketones is 1. The van der Waals surface area contributed by atoms with Crippen molar-refractivity contribution in [3.05, 3.63) is 76.1 Å². The number of allylic oxidation sites excluding steroid dienone is 2. The number of aromatic nitrogens is 1. The van der Waals surface area contributed by atoms with Crippen LogP contribution in [0.2, 0.25) is 0 Å². The molecule has 0 saturated carbocycles. The molecule has 2 aliphatic rings. The molecule has 0 radical (unpaired) electrons. The van der Waals surface area contributed by atoms with Crippen molar-refractivity contribution < 1.29 is 23.5 Å². The minimum Gasteiger partial charge on any atom is -0.493 e. The number of methoxy groups -OCH3 is 3. The van der Waals surface area contributed by atoms with E-state index in [1.807, 2.05) is 37.3 Å². The lowest BCUT2D eigenvalue weighted by molar-refractivity contribution is -0.116. The third-order valence-electron chi connectivity index (χ3n) is 6.55. The number of benzene rings is 2. The summed E-state index contributed by atoms with van der Waals surface area (Å²) in [5, 5.41) is 7.56. The molecular weight excluding hydrogens is 420 g/mol. The van der Waals surface area contributed by atoms with Crippen molar-refractivity contribution in [1.82, 2.24) is 5.16 Å². The van der Waals surface area contributed by atoms with Crippen LogP contribution >= 0.6 is 0 Å². The van der Waals surface area contributed by atoms with Crippen molar-refractivity contribution in [3.63, 3.8) is 0 Å². The van der Waals surface area contributed by atoms with Gasteiger partial charge in [0, 0.05) is 23.6 Å². The lowest BCUT2D eigenvalue weighted by atomic mass is 9.72. The molecule has 0 fully saturated rings. The summed E-state index contributed by atoms with van der Waals surface area (Å²) in [7, 11) is 4.74. The summed E-state index contributed by atoms with van der Waals surface area (Å²) >= 11 is 0. The van der Waals surface area contributed by atoms with Crippen LogP contribution in [0.5, 0.6) is 17.2 Å². The molecule has 7 nitrogen and oxygen atoms in total. The molecular formula is C26H26N2O5. The quantitative estimate of drug-likeness (QED) is 0.593. The van der Waals surface area contributed by atoms with E-state index < -0.39 is 0 Å². The Bertz CT molecular complexity index is 1220. The SMILES string of the molecule is COc1cc([C@H]2C3=C(C[C@H](c4ccccc4)CC3=O)Nc3onc(C)c32)cc(OC)c1OC. The first kappa shape index (κ1) is 21.1. The molecule has 2 aromatic carbocycles. The molecule has 7 heteroatoms. The van der Waals surface area contributed by atoms with Gasteiger partial charge in [-0.15, -0.1) is 0 Å². The van der Waals surface area contributed by atoms with Crippen molar-refractivity contribution >= 4 is 11.7 Å². The number of hydrogen-bond acceptors (Lipinski definition) is 7. The number of nitrogens with one attached hydrogen (secondary N) is 1.